The zero-order chi connectivity index (χ0) is 21.2. The molecule has 4 aromatic rings. The molecule has 0 bridgehead atoms. The highest BCUT2D eigenvalue weighted by Gasteiger charge is 2.45. The van der Waals surface area contributed by atoms with Crippen LogP contribution in [0.25, 0.3) is 11.0 Å². The minimum Gasteiger partial charge on any atom is -0.450 e. The summed E-state index contributed by atoms with van der Waals surface area (Å²) < 4.78 is 33.1. The average molecular weight is 424 g/mol. The van der Waals surface area contributed by atoms with Crippen LogP contribution in [0.15, 0.2) is 51.7 Å². The van der Waals surface area contributed by atoms with E-state index in [-0.39, 0.29) is 22.3 Å². The molecule has 1 aliphatic rings. The molecule has 1 amide bonds. The molecule has 5 rings (SSSR count). The fourth-order valence-corrected chi connectivity index (χ4v) is 4.60. The summed E-state index contributed by atoms with van der Waals surface area (Å²) in [5, 5.41) is 0.451. The van der Waals surface area contributed by atoms with E-state index in [1.165, 1.54) is 52.6 Å². The summed E-state index contributed by atoms with van der Waals surface area (Å²) >= 11 is 1.32. The number of rotatable bonds is 2. The maximum atomic E-state index is 13.8. The van der Waals surface area contributed by atoms with Gasteiger partial charge in [0.2, 0.25) is 5.76 Å². The Labute approximate surface area is 173 Å². The molecule has 0 saturated carbocycles. The van der Waals surface area contributed by atoms with E-state index in [2.05, 4.69) is 4.98 Å². The van der Waals surface area contributed by atoms with Crippen molar-refractivity contribution in [2.45, 2.75) is 19.9 Å². The maximum Gasteiger partial charge on any atom is 0.297 e. The van der Waals surface area contributed by atoms with Crippen LogP contribution in [0.4, 0.5) is 13.9 Å². The highest BCUT2D eigenvalue weighted by Crippen LogP contribution is 2.42. The summed E-state index contributed by atoms with van der Waals surface area (Å²) in [6.45, 7) is 3.72. The molecule has 1 atom stereocenters. The number of carbonyl (C=O) groups excluding carboxylic acids is 1. The van der Waals surface area contributed by atoms with Crippen LogP contribution in [0.1, 0.15) is 38.3 Å². The van der Waals surface area contributed by atoms with Crippen molar-refractivity contribution in [1.82, 2.24) is 4.98 Å². The topological polar surface area (TPSA) is 63.4 Å². The van der Waals surface area contributed by atoms with Gasteiger partial charge in [0.15, 0.2) is 10.6 Å². The van der Waals surface area contributed by atoms with Crippen LogP contribution in [0.5, 0.6) is 0 Å². The lowest BCUT2D eigenvalue weighted by molar-refractivity contribution is 0.0971. The molecule has 2 aromatic carbocycles. The Morgan fingerprint density at radius 1 is 1.03 bits per heavy atom. The third kappa shape index (κ3) is 2.68. The van der Waals surface area contributed by atoms with Crippen LogP contribution >= 0.6 is 11.3 Å². The number of carbonyl (C=O) groups is 1. The van der Waals surface area contributed by atoms with Crippen molar-refractivity contribution < 1.29 is 18.0 Å². The van der Waals surface area contributed by atoms with Crippen molar-refractivity contribution >= 4 is 33.3 Å². The Kier molecular flexibility index (Phi) is 4.08. The van der Waals surface area contributed by atoms with Crippen LogP contribution < -0.4 is 10.3 Å². The van der Waals surface area contributed by atoms with Gasteiger partial charge in [0.05, 0.1) is 22.7 Å². The van der Waals surface area contributed by atoms with E-state index in [9.17, 15) is 18.4 Å². The van der Waals surface area contributed by atoms with Crippen LogP contribution in [-0.4, -0.2) is 10.9 Å². The van der Waals surface area contributed by atoms with Crippen molar-refractivity contribution in [3.05, 3.63) is 91.8 Å². The third-order valence-corrected chi connectivity index (χ3v) is 6.31. The van der Waals surface area contributed by atoms with Crippen molar-refractivity contribution in [3.8, 4) is 0 Å². The predicted molar refractivity (Wildman–Crippen MR) is 109 cm³/mol. The number of halogens is 2. The van der Waals surface area contributed by atoms with Gasteiger partial charge in [-0.15, -0.1) is 11.3 Å². The first-order chi connectivity index (χ1) is 14.3. The van der Waals surface area contributed by atoms with E-state index in [0.717, 1.165) is 16.6 Å². The smallest absolute Gasteiger partial charge is 0.297 e. The molecule has 8 heteroatoms. The number of benzene rings is 2. The van der Waals surface area contributed by atoms with E-state index in [4.69, 9.17) is 4.42 Å². The standard InChI is InChI=1S/C22H14F2N2O3S/c1-10-11(2)30-22(25-10)26-18(12-3-5-13(23)6-4-12)17-19(27)15-9-14(24)7-8-16(15)29-20(17)21(26)28/h3-9,18H,1-2H3/t18-/m0/s1. The summed E-state index contributed by atoms with van der Waals surface area (Å²) in [6.07, 6.45) is 0. The van der Waals surface area contributed by atoms with Gasteiger partial charge in [-0.2, -0.15) is 0 Å². The lowest BCUT2D eigenvalue weighted by Crippen LogP contribution is -2.29. The second kappa shape index (κ2) is 6.56. The summed E-state index contributed by atoms with van der Waals surface area (Å²) in [7, 11) is 0. The monoisotopic (exact) mass is 424 g/mol. The molecule has 0 unspecified atom stereocenters. The SMILES string of the molecule is Cc1nc(N2C(=O)c3oc4ccc(F)cc4c(=O)c3[C@@H]2c2ccc(F)cc2)sc1C. The van der Waals surface area contributed by atoms with Gasteiger partial charge < -0.3 is 4.42 Å². The molecular formula is C22H14F2N2O3S. The van der Waals surface area contributed by atoms with E-state index >= 15 is 0 Å². The van der Waals surface area contributed by atoms with Gasteiger partial charge in [-0.1, -0.05) is 12.1 Å². The molecule has 30 heavy (non-hydrogen) atoms. The van der Waals surface area contributed by atoms with Crippen LogP contribution in [0.2, 0.25) is 0 Å². The summed E-state index contributed by atoms with van der Waals surface area (Å²) in [5.41, 5.74) is 1.01. The molecule has 0 aliphatic carbocycles. The zero-order valence-corrected chi connectivity index (χ0v) is 16.7. The molecule has 0 N–H and O–H groups in total. The van der Waals surface area contributed by atoms with Gasteiger partial charge in [-0.25, -0.2) is 13.8 Å². The van der Waals surface area contributed by atoms with Crippen molar-refractivity contribution in [1.29, 1.82) is 0 Å². The van der Waals surface area contributed by atoms with Gasteiger partial charge in [-0.3, -0.25) is 14.5 Å². The third-order valence-electron chi connectivity index (χ3n) is 5.24. The zero-order valence-electron chi connectivity index (χ0n) is 15.9. The average Bonchev–Trinajstić information content (AvgIpc) is 3.20. The Bertz CT molecular complexity index is 1370. The molecule has 0 fully saturated rings. The molecule has 0 saturated heterocycles. The molecule has 3 heterocycles. The fourth-order valence-electron chi connectivity index (χ4n) is 3.66. The Morgan fingerprint density at radius 3 is 2.40 bits per heavy atom. The minimum atomic E-state index is -0.859. The number of aryl methyl sites for hydroxylation is 2. The first-order valence-electron chi connectivity index (χ1n) is 9.14. The van der Waals surface area contributed by atoms with Crippen LogP contribution in [0.3, 0.4) is 0 Å². The first-order valence-corrected chi connectivity index (χ1v) is 9.96. The molecular weight excluding hydrogens is 410 g/mol. The van der Waals surface area contributed by atoms with E-state index in [1.807, 2.05) is 13.8 Å². The molecule has 2 aromatic heterocycles. The van der Waals surface area contributed by atoms with Gasteiger partial charge in [0.25, 0.3) is 5.91 Å². The second-order valence-corrected chi connectivity index (χ2v) is 8.26. The maximum absolute atomic E-state index is 13.8. The van der Waals surface area contributed by atoms with Crippen LogP contribution in [0, 0.1) is 25.5 Å². The number of aromatic nitrogens is 1. The van der Waals surface area contributed by atoms with E-state index < -0.39 is 29.0 Å². The van der Waals surface area contributed by atoms with Crippen molar-refractivity contribution in [2.24, 2.45) is 0 Å². The molecule has 0 spiro atoms. The van der Waals surface area contributed by atoms with Crippen LogP contribution in [-0.2, 0) is 0 Å². The number of amides is 1. The lowest BCUT2D eigenvalue weighted by Gasteiger charge is -2.22. The Hall–Kier alpha value is -3.39. The van der Waals surface area contributed by atoms with E-state index in [1.54, 1.807) is 0 Å². The second-order valence-electron chi connectivity index (χ2n) is 7.08. The first kappa shape index (κ1) is 18.6. The minimum absolute atomic E-state index is 0.0435. The Balaban J connectivity index is 1.82. The highest BCUT2D eigenvalue weighted by molar-refractivity contribution is 7.15. The van der Waals surface area contributed by atoms with Gasteiger partial charge >= 0.3 is 0 Å². The molecule has 150 valence electrons. The van der Waals surface area contributed by atoms with Gasteiger partial charge in [0, 0.05) is 4.88 Å². The number of thiazole rings is 1. The predicted octanol–water partition coefficient (Wildman–Crippen LogP) is 4.89. The number of fused-ring (bicyclic) bond motifs is 2. The summed E-state index contributed by atoms with van der Waals surface area (Å²) in [4.78, 5) is 33.5. The van der Waals surface area contributed by atoms with Gasteiger partial charge in [0.1, 0.15) is 17.2 Å². The molecule has 1 aliphatic heterocycles. The summed E-state index contributed by atoms with van der Waals surface area (Å²) in [5.74, 6) is -1.65. The fraction of sp³-hybridized carbons (Fsp3) is 0.136. The molecule has 5 nitrogen and oxygen atoms in total. The summed E-state index contributed by atoms with van der Waals surface area (Å²) in [6, 6.07) is 8.27. The lowest BCUT2D eigenvalue weighted by atomic mass is 9.98. The largest absolute Gasteiger partial charge is 0.450 e. The van der Waals surface area contributed by atoms with Crippen molar-refractivity contribution in [3.63, 3.8) is 0 Å². The normalized spacial score (nSPS) is 15.8. The number of hydrogen-bond acceptors (Lipinski definition) is 5. The number of nitrogens with zero attached hydrogens (tertiary/aromatic N) is 2. The molecule has 0 radical (unpaired) electrons. The van der Waals surface area contributed by atoms with Gasteiger partial charge in [-0.05, 0) is 49.7 Å². The number of anilines is 1. The Morgan fingerprint density at radius 2 is 1.73 bits per heavy atom. The van der Waals surface area contributed by atoms with Crippen molar-refractivity contribution in [2.75, 3.05) is 4.90 Å². The highest BCUT2D eigenvalue weighted by atomic mass is 32.1. The number of hydrogen-bond donors (Lipinski definition) is 0. The quantitative estimate of drug-likeness (QED) is 0.459. The van der Waals surface area contributed by atoms with E-state index in [0.29, 0.717) is 10.7 Å².